The largest absolute Gasteiger partial charge is 0.322 e. The number of hydrogen-bond acceptors (Lipinski definition) is 3. The summed E-state index contributed by atoms with van der Waals surface area (Å²) >= 11 is 0. The fourth-order valence-electron chi connectivity index (χ4n) is 3.18. The van der Waals surface area contributed by atoms with Crippen molar-refractivity contribution in [1.82, 2.24) is 14.9 Å². The van der Waals surface area contributed by atoms with Crippen molar-refractivity contribution in [2.75, 3.05) is 11.9 Å². The molecule has 1 aliphatic heterocycles. The third kappa shape index (κ3) is 4.35. The van der Waals surface area contributed by atoms with Crippen molar-refractivity contribution in [2.24, 2.45) is 0 Å². The van der Waals surface area contributed by atoms with Crippen molar-refractivity contribution in [3.05, 3.63) is 54.1 Å². The highest BCUT2D eigenvalue weighted by Gasteiger charge is 2.29. The summed E-state index contributed by atoms with van der Waals surface area (Å²) in [5.74, 6) is 0.772. The lowest BCUT2D eigenvalue weighted by atomic mass is 9.96. The topological polar surface area (TPSA) is 58.1 Å². The van der Waals surface area contributed by atoms with Crippen LogP contribution in [0.1, 0.15) is 45.0 Å². The Morgan fingerprint density at radius 3 is 2.52 bits per heavy atom. The van der Waals surface area contributed by atoms with Gasteiger partial charge in [0.1, 0.15) is 5.82 Å². The molecule has 2 heterocycles. The van der Waals surface area contributed by atoms with E-state index in [1.54, 1.807) is 12.4 Å². The number of carbonyl (C=O) groups excluding carboxylic acids is 1. The molecule has 0 saturated carbocycles. The minimum Gasteiger partial charge on any atom is -0.321 e. The molecule has 1 saturated heterocycles. The maximum Gasteiger partial charge on any atom is 0.322 e. The van der Waals surface area contributed by atoms with E-state index in [9.17, 15) is 4.79 Å². The highest BCUT2D eigenvalue weighted by atomic mass is 16.2. The molecule has 0 bridgehead atoms. The van der Waals surface area contributed by atoms with Gasteiger partial charge < -0.3 is 10.2 Å². The SMILES string of the molecule is CC(C)(C)c1ncc(NC(=O)N2CCCC2Cc2ccccc2)cn1. The van der Waals surface area contributed by atoms with Crippen molar-refractivity contribution in [3.63, 3.8) is 0 Å². The Balaban J connectivity index is 1.64. The summed E-state index contributed by atoms with van der Waals surface area (Å²) < 4.78 is 0. The van der Waals surface area contributed by atoms with Crippen LogP contribution in [0.5, 0.6) is 0 Å². The second-order valence-electron chi connectivity index (χ2n) is 7.65. The van der Waals surface area contributed by atoms with Crippen LogP contribution >= 0.6 is 0 Å². The fourth-order valence-corrected chi connectivity index (χ4v) is 3.18. The van der Waals surface area contributed by atoms with Gasteiger partial charge in [0.15, 0.2) is 0 Å². The highest BCUT2D eigenvalue weighted by molar-refractivity contribution is 5.89. The number of rotatable bonds is 3. The van der Waals surface area contributed by atoms with Crippen LogP contribution in [-0.4, -0.2) is 33.5 Å². The molecular formula is C20H26N4O. The van der Waals surface area contributed by atoms with Gasteiger partial charge in [-0.05, 0) is 24.8 Å². The Hall–Kier alpha value is -2.43. The third-order valence-corrected chi connectivity index (χ3v) is 4.53. The van der Waals surface area contributed by atoms with Gasteiger partial charge in [0.2, 0.25) is 0 Å². The Bertz CT molecular complexity index is 707. The van der Waals surface area contributed by atoms with Crippen LogP contribution in [0.15, 0.2) is 42.7 Å². The van der Waals surface area contributed by atoms with E-state index in [4.69, 9.17) is 0 Å². The summed E-state index contributed by atoms with van der Waals surface area (Å²) in [6.45, 7) is 7.00. The van der Waals surface area contributed by atoms with Crippen LogP contribution in [-0.2, 0) is 11.8 Å². The van der Waals surface area contributed by atoms with Gasteiger partial charge in [0.05, 0.1) is 18.1 Å². The number of nitrogens with zero attached hydrogens (tertiary/aromatic N) is 3. The fraction of sp³-hybridized carbons (Fsp3) is 0.450. The van der Waals surface area contributed by atoms with Crippen LogP contribution in [0.4, 0.5) is 10.5 Å². The molecule has 1 unspecified atom stereocenters. The van der Waals surface area contributed by atoms with Crippen molar-refractivity contribution in [2.45, 2.75) is 51.5 Å². The van der Waals surface area contributed by atoms with Crippen molar-refractivity contribution in [1.29, 1.82) is 0 Å². The number of likely N-dealkylation sites (tertiary alicyclic amines) is 1. The van der Waals surface area contributed by atoms with Gasteiger partial charge in [0.25, 0.3) is 0 Å². The van der Waals surface area contributed by atoms with E-state index >= 15 is 0 Å². The van der Waals surface area contributed by atoms with Crippen molar-refractivity contribution >= 4 is 11.7 Å². The summed E-state index contributed by atoms with van der Waals surface area (Å²) in [6, 6.07) is 10.5. The normalized spacial score (nSPS) is 17.6. The number of hydrogen-bond donors (Lipinski definition) is 1. The van der Waals surface area contributed by atoms with E-state index in [0.717, 1.165) is 31.6 Å². The predicted octanol–water partition coefficient (Wildman–Crippen LogP) is 4.01. The first-order valence-corrected chi connectivity index (χ1v) is 8.87. The predicted molar refractivity (Wildman–Crippen MR) is 99.6 cm³/mol. The van der Waals surface area contributed by atoms with E-state index in [-0.39, 0.29) is 17.5 Å². The number of aromatic nitrogens is 2. The molecule has 0 aliphatic carbocycles. The highest BCUT2D eigenvalue weighted by Crippen LogP contribution is 2.23. The second kappa shape index (κ2) is 7.21. The maximum absolute atomic E-state index is 12.7. The molecule has 3 rings (SSSR count). The smallest absolute Gasteiger partial charge is 0.321 e. The Labute approximate surface area is 149 Å². The molecule has 5 nitrogen and oxygen atoms in total. The van der Waals surface area contributed by atoms with Crippen LogP contribution in [0.2, 0.25) is 0 Å². The van der Waals surface area contributed by atoms with E-state index in [2.05, 4.69) is 48.2 Å². The number of nitrogens with one attached hydrogen (secondary N) is 1. The summed E-state index contributed by atoms with van der Waals surface area (Å²) in [4.78, 5) is 23.3. The van der Waals surface area contributed by atoms with Gasteiger partial charge in [0, 0.05) is 18.0 Å². The first kappa shape index (κ1) is 17.4. The molecule has 132 valence electrons. The zero-order chi connectivity index (χ0) is 17.9. The lowest BCUT2D eigenvalue weighted by molar-refractivity contribution is 0.206. The van der Waals surface area contributed by atoms with Crippen LogP contribution < -0.4 is 5.32 Å². The van der Waals surface area contributed by atoms with Crippen LogP contribution in [0.3, 0.4) is 0 Å². The molecule has 1 N–H and O–H groups in total. The van der Waals surface area contributed by atoms with Gasteiger partial charge in [-0.1, -0.05) is 51.1 Å². The van der Waals surface area contributed by atoms with Crippen LogP contribution in [0, 0.1) is 0 Å². The average Bonchev–Trinajstić information content (AvgIpc) is 3.04. The van der Waals surface area contributed by atoms with E-state index in [1.165, 1.54) is 5.56 Å². The molecular weight excluding hydrogens is 312 g/mol. The number of anilines is 1. The molecule has 1 aliphatic rings. The van der Waals surface area contributed by atoms with Gasteiger partial charge in [-0.3, -0.25) is 0 Å². The summed E-state index contributed by atoms with van der Waals surface area (Å²) in [5, 5.41) is 2.94. The van der Waals surface area contributed by atoms with E-state index in [1.807, 2.05) is 23.1 Å². The lowest BCUT2D eigenvalue weighted by Crippen LogP contribution is -2.39. The van der Waals surface area contributed by atoms with Gasteiger partial charge in [-0.2, -0.15) is 0 Å². The molecule has 1 aromatic carbocycles. The third-order valence-electron chi connectivity index (χ3n) is 4.53. The maximum atomic E-state index is 12.7. The van der Waals surface area contributed by atoms with Crippen molar-refractivity contribution in [3.8, 4) is 0 Å². The molecule has 5 heteroatoms. The molecule has 2 amide bonds. The minimum absolute atomic E-state index is 0.0643. The molecule has 1 aromatic heterocycles. The number of carbonyl (C=O) groups is 1. The van der Waals surface area contributed by atoms with Crippen molar-refractivity contribution < 1.29 is 4.79 Å². The van der Waals surface area contributed by atoms with Gasteiger partial charge >= 0.3 is 6.03 Å². The first-order chi connectivity index (χ1) is 11.9. The second-order valence-corrected chi connectivity index (χ2v) is 7.65. The van der Waals surface area contributed by atoms with E-state index < -0.39 is 0 Å². The lowest BCUT2D eigenvalue weighted by Gasteiger charge is -2.25. The van der Waals surface area contributed by atoms with Gasteiger partial charge in [-0.15, -0.1) is 0 Å². The zero-order valence-corrected chi connectivity index (χ0v) is 15.2. The minimum atomic E-state index is -0.0989. The quantitative estimate of drug-likeness (QED) is 0.920. The molecule has 1 fully saturated rings. The molecule has 0 radical (unpaired) electrons. The Morgan fingerprint density at radius 1 is 1.20 bits per heavy atom. The zero-order valence-electron chi connectivity index (χ0n) is 15.2. The monoisotopic (exact) mass is 338 g/mol. The summed E-state index contributed by atoms with van der Waals surface area (Å²) in [6.07, 6.45) is 6.36. The van der Waals surface area contributed by atoms with Crippen LogP contribution in [0.25, 0.3) is 0 Å². The number of urea groups is 1. The molecule has 2 aromatic rings. The average molecular weight is 338 g/mol. The molecule has 0 spiro atoms. The Morgan fingerprint density at radius 2 is 1.88 bits per heavy atom. The number of amides is 2. The Kier molecular flexibility index (Phi) is 5.02. The summed E-state index contributed by atoms with van der Waals surface area (Å²) in [7, 11) is 0. The first-order valence-electron chi connectivity index (χ1n) is 8.87. The van der Waals surface area contributed by atoms with Gasteiger partial charge in [-0.25, -0.2) is 14.8 Å². The summed E-state index contributed by atoms with van der Waals surface area (Å²) in [5.41, 5.74) is 1.81. The standard InChI is InChI=1S/C20H26N4O/c1-20(2,3)18-21-13-16(14-22-18)23-19(25)24-11-7-10-17(24)12-15-8-5-4-6-9-15/h4-6,8-9,13-14,17H,7,10-12H2,1-3H3,(H,23,25). The molecule has 25 heavy (non-hydrogen) atoms. The number of benzene rings is 1. The van der Waals surface area contributed by atoms with E-state index in [0.29, 0.717) is 5.69 Å². The molecule has 1 atom stereocenters.